The summed E-state index contributed by atoms with van der Waals surface area (Å²) in [5.41, 5.74) is 8.86. The predicted octanol–water partition coefficient (Wildman–Crippen LogP) is 4.93. The van der Waals surface area contributed by atoms with E-state index in [-0.39, 0.29) is 12.3 Å². The highest BCUT2D eigenvalue weighted by atomic mass is 16.6. The van der Waals surface area contributed by atoms with Crippen molar-refractivity contribution in [2.24, 2.45) is 0 Å². The third-order valence-corrected chi connectivity index (χ3v) is 6.35. The predicted molar refractivity (Wildman–Crippen MR) is 136 cm³/mol. The molecule has 8 heteroatoms. The van der Waals surface area contributed by atoms with Crippen molar-refractivity contribution >= 4 is 33.6 Å². The highest BCUT2D eigenvalue weighted by Crippen LogP contribution is 2.32. The van der Waals surface area contributed by atoms with Gasteiger partial charge < -0.3 is 25.1 Å². The van der Waals surface area contributed by atoms with Crippen molar-refractivity contribution in [1.29, 1.82) is 0 Å². The normalized spacial score (nSPS) is 17.7. The molecular formula is C27H26N6O2. The van der Waals surface area contributed by atoms with Crippen molar-refractivity contribution in [2.75, 3.05) is 17.7 Å². The van der Waals surface area contributed by atoms with E-state index in [1.165, 1.54) is 11.9 Å². The van der Waals surface area contributed by atoms with Crippen molar-refractivity contribution < 1.29 is 9.47 Å². The number of pyridine rings is 1. The van der Waals surface area contributed by atoms with Gasteiger partial charge in [-0.05, 0) is 48.7 Å². The number of hydrogen-bond acceptors (Lipinski definition) is 7. The van der Waals surface area contributed by atoms with Crippen LogP contribution in [0.15, 0.2) is 79.3 Å². The molecule has 2 aromatic carbocycles. The first-order valence-electron chi connectivity index (χ1n) is 11.8. The average molecular weight is 467 g/mol. The second kappa shape index (κ2) is 9.23. The molecule has 35 heavy (non-hydrogen) atoms. The van der Waals surface area contributed by atoms with Gasteiger partial charge in [-0.3, -0.25) is 0 Å². The molecule has 0 spiro atoms. The Hall–Kier alpha value is -4.17. The van der Waals surface area contributed by atoms with Crippen molar-refractivity contribution in [2.45, 2.75) is 31.7 Å². The van der Waals surface area contributed by atoms with Gasteiger partial charge in [0.25, 0.3) is 0 Å². The van der Waals surface area contributed by atoms with Crippen molar-refractivity contribution in [3.05, 3.63) is 84.8 Å². The lowest BCUT2D eigenvalue weighted by molar-refractivity contribution is -0.0156. The molecule has 0 radical (unpaired) electrons. The molecule has 1 aliphatic heterocycles. The Balaban J connectivity index is 1.09. The molecule has 0 amide bonds. The Morgan fingerprint density at radius 1 is 1.03 bits per heavy atom. The zero-order chi connectivity index (χ0) is 23.6. The van der Waals surface area contributed by atoms with Crippen molar-refractivity contribution in [3.8, 4) is 5.75 Å². The number of hydrogen-bond donors (Lipinski definition) is 2. The van der Waals surface area contributed by atoms with E-state index in [0.717, 1.165) is 52.9 Å². The summed E-state index contributed by atoms with van der Waals surface area (Å²) in [5, 5.41) is 5.31. The molecule has 3 aromatic heterocycles. The van der Waals surface area contributed by atoms with Gasteiger partial charge in [0.05, 0.1) is 17.0 Å². The summed E-state index contributed by atoms with van der Waals surface area (Å²) in [6, 6.07) is 22.3. The van der Waals surface area contributed by atoms with E-state index in [2.05, 4.69) is 33.5 Å². The number of benzene rings is 2. The maximum Gasteiger partial charge on any atom is 0.147 e. The highest BCUT2D eigenvalue weighted by Gasteiger charge is 2.28. The zero-order valence-corrected chi connectivity index (χ0v) is 19.2. The van der Waals surface area contributed by atoms with Gasteiger partial charge in [-0.2, -0.15) is 0 Å². The van der Waals surface area contributed by atoms with Gasteiger partial charge in [0.1, 0.15) is 42.2 Å². The third kappa shape index (κ3) is 4.48. The van der Waals surface area contributed by atoms with Gasteiger partial charge in [0, 0.05) is 24.2 Å². The van der Waals surface area contributed by atoms with Crippen LogP contribution in [-0.2, 0) is 11.3 Å². The lowest BCUT2D eigenvalue weighted by Crippen LogP contribution is -2.18. The van der Waals surface area contributed by atoms with Crippen LogP contribution in [0.2, 0.25) is 0 Å². The fourth-order valence-electron chi connectivity index (χ4n) is 4.50. The molecular weight excluding hydrogens is 440 g/mol. The molecule has 0 bridgehead atoms. The minimum absolute atomic E-state index is 0.000774. The summed E-state index contributed by atoms with van der Waals surface area (Å²) >= 11 is 0. The van der Waals surface area contributed by atoms with Crippen LogP contribution in [-0.4, -0.2) is 32.2 Å². The summed E-state index contributed by atoms with van der Waals surface area (Å²) in [4.78, 5) is 13.2. The second-order valence-electron chi connectivity index (χ2n) is 8.71. The molecule has 4 heterocycles. The Kier molecular flexibility index (Phi) is 5.64. The van der Waals surface area contributed by atoms with E-state index in [0.29, 0.717) is 12.4 Å². The lowest BCUT2D eigenvalue weighted by atomic mass is 10.2. The molecule has 2 atom stereocenters. The third-order valence-electron chi connectivity index (χ3n) is 6.35. The van der Waals surface area contributed by atoms with E-state index >= 15 is 0 Å². The molecule has 0 aliphatic carbocycles. The number of nitrogen functional groups attached to an aromatic ring is 1. The topological polar surface area (TPSA) is 100 Å². The number of rotatable bonds is 7. The number of aromatic nitrogens is 4. The smallest absolute Gasteiger partial charge is 0.147 e. The number of nitrogens with zero attached hydrogens (tertiary/aromatic N) is 4. The number of fused-ring (bicyclic) bond motifs is 2. The molecule has 176 valence electrons. The van der Waals surface area contributed by atoms with Gasteiger partial charge in [-0.25, -0.2) is 15.0 Å². The Labute approximate surface area is 202 Å². The highest BCUT2D eigenvalue weighted by molar-refractivity contribution is 5.86. The molecule has 5 aromatic rings. The Morgan fingerprint density at radius 3 is 2.83 bits per heavy atom. The van der Waals surface area contributed by atoms with E-state index in [4.69, 9.17) is 20.2 Å². The maximum atomic E-state index is 6.27. The standard InChI is InChI=1S/C27H26N6O2/c28-26-22-12-13-33(27(22)31-17-30-26)25-11-9-21(35-25)16-34-20-8-6-19-7-10-24(32-23(19)14-20)29-15-18-4-2-1-3-5-18/h1-8,10,12-14,17,21,25H,9,11,15-16H2,(H,29,32)(H2,28,30,31). The maximum absolute atomic E-state index is 6.27. The summed E-state index contributed by atoms with van der Waals surface area (Å²) in [6.45, 7) is 1.20. The molecule has 1 fully saturated rings. The van der Waals surface area contributed by atoms with E-state index in [9.17, 15) is 0 Å². The fourth-order valence-corrected chi connectivity index (χ4v) is 4.50. The number of nitrogens with two attached hydrogens (primary N) is 1. The van der Waals surface area contributed by atoms with Gasteiger partial charge >= 0.3 is 0 Å². The summed E-state index contributed by atoms with van der Waals surface area (Å²) in [6.07, 6.45) is 5.15. The van der Waals surface area contributed by atoms with Crippen LogP contribution in [0.1, 0.15) is 24.6 Å². The summed E-state index contributed by atoms with van der Waals surface area (Å²) in [5.74, 6) is 2.10. The molecule has 8 nitrogen and oxygen atoms in total. The molecule has 6 rings (SSSR count). The monoisotopic (exact) mass is 466 g/mol. The largest absolute Gasteiger partial charge is 0.491 e. The van der Waals surface area contributed by atoms with E-state index in [1.807, 2.05) is 59.3 Å². The van der Waals surface area contributed by atoms with E-state index < -0.39 is 0 Å². The summed E-state index contributed by atoms with van der Waals surface area (Å²) < 4.78 is 14.4. The first-order valence-corrected chi connectivity index (χ1v) is 11.8. The minimum Gasteiger partial charge on any atom is -0.491 e. The summed E-state index contributed by atoms with van der Waals surface area (Å²) in [7, 11) is 0. The van der Waals surface area contributed by atoms with Crippen LogP contribution in [0.3, 0.4) is 0 Å². The van der Waals surface area contributed by atoms with E-state index in [1.54, 1.807) is 0 Å². The second-order valence-corrected chi connectivity index (χ2v) is 8.71. The van der Waals surface area contributed by atoms with Crippen LogP contribution >= 0.6 is 0 Å². The average Bonchev–Trinajstić information content (AvgIpc) is 3.54. The Morgan fingerprint density at radius 2 is 1.91 bits per heavy atom. The number of anilines is 2. The SMILES string of the molecule is Nc1ncnc2c1ccn2C1CCC(COc2ccc3ccc(NCc4ccccc4)nc3c2)O1. The minimum atomic E-state index is -0.0908. The van der Waals surface area contributed by atoms with Crippen molar-refractivity contribution in [3.63, 3.8) is 0 Å². The van der Waals surface area contributed by atoms with Gasteiger partial charge in [-0.15, -0.1) is 0 Å². The molecule has 2 unspecified atom stereocenters. The molecule has 3 N–H and O–H groups in total. The van der Waals surface area contributed by atoms with Gasteiger partial charge in [0.2, 0.25) is 0 Å². The first kappa shape index (κ1) is 21.4. The van der Waals surface area contributed by atoms with Crippen LogP contribution in [0.4, 0.5) is 11.6 Å². The lowest BCUT2D eigenvalue weighted by Gasteiger charge is -2.16. The quantitative estimate of drug-likeness (QED) is 0.351. The zero-order valence-electron chi connectivity index (χ0n) is 19.2. The van der Waals surface area contributed by atoms with Crippen LogP contribution in [0.5, 0.6) is 5.75 Å². The van der Waals surface area contributed by atoms with Crippen LogP contribution < -0.4 is 15.8 Å². The number of nitrogens with one attached hydrogen (secondary N) is 1. The van der Waals surface area contributed by atoms with Crippen molar-refractivity contribution in [1.82, 2.24) is 19.5 Å². The van der Waals surface area contributed by atoms with Crippen LogP contribution in [0, 0.1) is 0 Å². The molecule has 1 aliphatic rings. The van der Waals surface area contributed by atoms with Crippen LogP contribution in [0.25, 0.3) is 21.9 Å². The Bertz CT molecular complexity index is 1470. The number of ether oxygens (including phenoxy) is 2. The molecule has 0 saturated carbocycles. The fraction of sp³-hybridized carbons (Fsp3) is 0.222. The van der Waals surface area contributed by atoms with Gasteiger partial charge in [-0.1, -0.05) is 30.3 Å². The molecule has 1 saturated heterocycles. The first-order chi connectivity index (χ1) is 17.2. The van der Waals surface area contributed by atoms with Gasteiger partial charge in [0.15, 0.2) is 0 Å².